The van der Waals surface area contributed by atoms with Crippen molar-refractivity contribution in [2.45, 2.75) is 77.3 Å². The minimum atomic E-state index is -0.527. The Morgan fingerprint density at radius 3 is 2.57 bits per heavy atom. The molecule has 1 unspecified atom stereocenters. The largest absolute Gasteiger partial charge is 0.465 e. The molecule has 1 rings (SSSR count). The number of carbonyl (C=O) groups excluding carboxylic acids is 1. The molecule has 4 nitrogen and oxygen atoms in total. The van der Waals surface area contributed by atoms with Gasteiger partial charge in [-0.25, -0.2) is 0 Å². The van der Waals surface area contributed by atoms with Crippen LogP contribution in [0, 0.1) is 0 Å². The number of ether oxygens (including phenoxy) is 1. The summed E-state index contributed by atoms with van der Waals surface area (Å²) < 4.78 is 5.24. The Hall–Kier alpha value is -0.610. The lowest BCUT2D eigenvalue weighted by Gasteiger charge is -2.35. The molecular weight excluding hydrogens is 264 g/mol. The molecule has 1 N–H and O–H groups in total. The van der Waals surface area contributed by atoms with E-state index >= 15 is 0 Å². The van der Waals surface area contributed by atoms with Crippen LogP contribution in [0.3, 0.4) is 0 Å². The van der Waals surface area contributed by atoms with Crippen molar-refractivity contribution in [3.8, 4) is 0 Å². The highest BCUT2D eigenvalue weighted by molar-refractivity contribution is 5.80. The van der Waals surface area contributed by atoms with Gasteiger partial charge in [-0.2, -0.15) is 0 Å². The molecular formula is C17H34N2O2. The first-order valence-corrected chi connectivity index (χ1v) is 8.66. The minimum Gasteiger partial charge on any atom is -0.465 e. The quantitative estimate of drug-likeness (QED) is 0.470. The standard InChI is InChI=1S/C17H34N2O2/c1-5-13-18-17(3,16(20)21-6-2)12-7-8-14-19(4)15-10-9-11-15/h15,18H,5-14H2,1-4H3. The maximum absolute atomic E-state index is 12.2. The van der Waals surface area contributed by atoms with E-state index in [1.807, 2.05) is 13.8 Å². The van der Waals surface area contributed by atoms with Crippen LogP contribution in [0.2, 0.25) is 0 Å². The van der Waals surface area contributed by atoms with Gasteiger partial charge in [0.25, 0.3) is 0 Å². The number of rotatable bonds is 11. The van der Waals surface area contributed by atoms with Gasteiger partial charge in [0.2, 0.25) is 0 Å². The number of esters is 1. The van der Waals surface area contributed by atoms with E-state index in [1.165, 1.54) is 19.3 Å². The molecule has 0 saturated heterocycles. The van der Waals surface area contributed by atoms with E-state index in [0.717, 1.165) is 44.8 Å². The molecule has 21 heavy (non-hydrogen) atoms. The van der Waals surface area contributed by atoms with Crippen LogP contribution in [0.1, 0.15) is 65.7 Å². The zero-order valence-electron chi connectivity index (χ0n) is 14.4. The third-order valence-electron chi connectivity index (χ3n) is 4.63. The molecule has 0 aromatic heterocycles. The number of unbranched alkanes of at least 4 members (excludes halogenated alkanes) is 1. The summed E-state index contributed by atoms with van der Waals surface area (Å²) in [6.45, 7) is 8.41. The first-order chi connectivity index (χ1) is 10.0. The fourth-order valence-electron chi connectivity index (χ4n) is 2.80. The predicted octanol–water partition coefficient (Wildman–Crippen LogP) is 2.96. The fraction of sp³-hybridized carbons (Fsp3) is 0.941. The van der Waals surface area contributed by atoms with Crippen molar-refractivity contribution in [1.29, 1.82) is 0 Å². The molecule has 1 aliphatic carbocycles. The Morgan fingerprint density at radius 2 is 2.05 bits per heavy atom. The first kappa shape index (κ1) is 18.4. The van der Waals surface area contributed by atoms with Gasteiger partial charge in [0.05, 0.1) is 6.61 Å². The van der Waals surface area contributed by atoms with Gasteiger partial charge in [-0.1, -0.05) is 13.3 Å². The Labute approximate surface area is 130 Å². The molecule has 1 fully saturated rings. The number of hydrogen-bond acceptors (Lipinski definition) is 4. The lowest BCUT2D eigenvalue weighted by molar-refractivity contribution is -0.150. The third kappa shape index (κ3) is 5.95. The molecule has 0 spiro atoms. The molecule has 0 aromatic carbocycles. The fourth-order valence-corrected chi connectivity index (χ4v) is 2.80. The first-order valence-electron chi connectivity index (χ1n) is 8.66. The second-order valence-electron chi connectivity index (χ2n) is 6.50. The van der Waals surface area contributed by atoms with Gasteiger partial charge < -0.3 is 15.0 Å². The SMILES string of the molecule is CCCNC(C)(CCCCN(C)C1CCC1)C(=O)OCC. The molecule has 0 heterocycles. The highest BCUT2D eigenvalue weighted by Gasteiger charge is 2.33. The second-order valence-corrected chi connectivity index (χ2v) is 6.50. The summed E-state index contributed by atoms with van der Waals surface area (Å²) in [5.41, 5.74) is -0.527. The monoisotopic (exact) mass is 298 g/mol. The zero-order valence-corrected chi connectivity index (χ0v) is 14.4. The molecule has 0 aliphatic heterocycles. The van der Waals surface area contributed by atoms with E-state index < -0.39 is 5.54 Å². The lowest BCUT2D eigenvalue weighted by atomic mass is 9.91. The molecule has 0 aromatic rings. The summed E-state index contributed by atoms with van der Waals surface area (Å²) >= 11 is 0. The van der Waals surface area contributed by atoms with Crippen molar-refractivity contribution >= 4 is 5.97 Å². The van der Waals surface area contributed by atoms with Gasteiger partial charge in [-0.05, 0) is 72.5 Å². The van der Waals surface area contributed by atoms with Gasteiger partial charge in [-0.15, -0.1) is 0 Å². The average molecular weight is 298 g/mol. The van der Waals surface area contributed by atoms with Crippen molar-refractivity contribution in [3.05, 3.63) is 0 Å². The minimum absolute atomic E-state index is 0.106. The van der Waals surface area contributed by atoms with Crippen molar-refractivity contribution in [3.63, 3.8) is 0 Å². The van der Waals surface area contributed by atoms with E-state index in [4.69, 9.17) is 4.74 Å². The highest BCUT2D eigenvalue weighted by atomic mass is 16.5. The molecule has 1 atom stereocenters. The number of hydrogen-bond donors (Lipinski definition) is 1. The van der Waals surface area contributed by atoms with E-state index in [2.05, 4.69) is 24.2 Å². The predicted molar refractivity (Wildman–Crippen MR) is 87.5 cm³/mol. The van der Waals surface area contributed by atoms with Crippen LogP contribution in [0.4, 0.5) is 0 Å². The van der Waals surface area contributed by atoms with Gasteiger partial charge >= 0.3 is 5.97 Å². The molecule has 4 heteroatoms. The summed E-state index contributed by atoms with van der Waals surface area (Å²) in [7, 11) is 2.23. The van der Waals surface area contributed by atoms with Gasteiger partial charge in [0.15, 0.2) is 0 Å². The van der Waals surface area contributed by atoms with E-state index in [-0.39, 0.29) is 5.97 Å². The Balaban J connectivity index is 2.32. The van der Waals surface area contributed by atoms with Crippen molar-refractivity contribution in [2.75, 3.05) is 26.7 Å². The zero-order chi connectivity index (χ0) is 15.7. The lowest BCUT2D eigenvalue weighted by Crippen LogP contribution is -2.50. The number of nitrogens with zero attached hydrogens (tertiary/aromatic N) is 1. The highest BCUT2D eigenvalue weighted by Crippen LogP contribution is 2.24. The van der Waals surface area contributed by atoms with Crippen LogP contribution >= 0.6 is 0 Å². The normalized spacial score (nSPS) is 18.3. The van der Waals surface area contributed by atoms with Gasteiger partial charge in [0, 0.05) is 6.04 Å². The Bertz CT molecular complexity index is 305. The van der Waals surface area contributed by atoms with Gasteiger partial charge in [0.1, 0.15) is 5.54 Å². The Morgan fingerprint density at radius 1 is 1.33 bits per heavy atom. The van der Waals surface area contributed by atoms with Crippen LogP contribution in [-0.2, 0) is 9.53 Å². The van der Waals surface area contributed by atoms with Crippen molar-refractivity contribution < 1.29 is 9.53 Å². The summed E-state index contributed by atoms with van der Waals surface area (Å²) in [6, 6.07) is 0.805. The summed E-state index contributed by atoms with van der Waals surface area (Å²) in [4.78, 5) is 14.6. The van der Waals surface area contributed by atoms with Crippen LogP contribution < -0.4 is 5.32 Å². The maximum Gasteiger partial charge on any atom is 0.326 e. The average Bonchev–Trinajstić information content (AvgIpc) is 2.39. The topological polar surface area (TPSA) is 41.6 Å². The molecule has 1 saturated carbocycles. The van der Waals surface area contributed by atoms with Crippen molar-refractivity contribution in [2.24, 2.45) is 0 Å². The molecule has 0 bridgehead atoms. The summed E-state index contributed by atoms with van der Waals surface area (Å²) in [6.07, 6.45) is 8.18. The van der Waals surface area contributed by atoms with Crippen LogP contribution in [0.5, 0.6) is 0 Å². The molecule has 0 amide bonds. The molecule has 0 radical (unpaired) electrons. The van der Waals surface area contributed by atoms with Crippen molar-refractivity contribution in [1.82, 2.24) is 10.2 Å². The summed E-state index contributed by atoms with van der Waals surface area (Å²) in [5.74, 6) is -0.106. The number of carbonyl (C=O) groups is 1. The second kappa shape index (κ2) is 9.42. The third-order valence-corrected chi connectivity index (χ3v) is 4.63. The molecule has 1 aliphatic rings. The summed E-state index contributed by atoms with van der Waals surface area (Å²) in [5, 5.41) is 3.38. The maximum atomic E-state index is 12.2. The Kier molecular flexibility index (Phi) is 8.27. The van der Waals surface area contributed by atoms with E-state index in [9.17, 15) is 4.79 Å². The van der Waals surface area contributed by atoms with Crippen LogP contribution in [0.25, 0.3) is 0 Å². The van der Waals surface area contributed by atoms with E-state index in [1.54, 1.807) is 0 Å². The van der Waals surface area contributed by atoms with Crippen LogP contribution in [0.15, 0.2) is 0 Å². The smallest absolute Gasteiger partial charge is 0.326 e. The molecule has 124 valence electrons. The van der Waals surface area contributed by atoms with E-state index in [0.29, 0.717) is 6.61 Å². The van der Waals surface area contributed by atoms with Crippen LogP contribution in [-0.4, -0.2) is 49.2 Å². The number of nitrogens with one attached hydrogen (secondary N) is 1. The van der Waals surface area contributed by atoms with Gasteiger partial charge in [-0.3, -0.25) is 4.79 Å².